The zero-order valence-electron chi connectivity index (χ0n) is 16.7. The highest BCUT2D eigenvalue weighted by molar-refractivity contribution is 5.79. The summed E-state index contributed by atoms with van der Waals surface area (Å²) in [6.07, 6.45) is 3.01. The lowest BCUT2D eigenvalue weighted by molar-refractivity contribution is -0.138. The summed E-state index contributed by atoms with van der Waals surface area (Å²) in [6.45, 7) is 1.29. The molecule has 0 spiro atoms. The fourth-order valence-electron chi connectivity index (χ4n) is 4.61. The van der Waals surface area contributed by atoms with Crippen molar-refractivity contribution in [1.29, 1.82) is 0 Å². The molecule has 4 rings (SSSR count). The summed E-state index contributed by atoms with van der Waals surface area (Å²) in [5.41, 5.74) is 7.11. The van der Waals surface area contributed by atoms with E-state index in [0.29, 0.717) is 23.4 Å². The fraction of sp³-hybridized carbons (Fsp3) is 0.500. The largest absolute Gasteiger partial charge is 0.416 e. The van der Waals surface area contributed by atoms with E-state index in [-0.39, 0.29) is 23.7 Å². The number of halogens is 3. The zero-order valence-corrected chi connectivity index (χ0v) is 16.7. The highest BCUT2D eigenvalue weighted by Gasteiger charge is 2.33. The number of benzene rings is 1. The van der Waals surface area contributed by atoms with Gasteiger partial charge in [0.2, 0.25) is 11.9 Å². The van der Waals surface area contributed by atoms with Crippen molar-refractivity contribution in [3.05, 3.63) is 41.7 Å². The van der Waals surface area contributed by atoms with E-state index in [4.69, 9.17) is 5.73 Å². The van der Waals surface area contributed by atoms with Gasteiger partial charge in [-0.3, -0.25) is 4.79 Å². The minimum atomic E-state index is -4.39. The lowest BCUT2D eigenvalue weighted by Crippen LogP contribution is -2.42. The topological polar surface area (TPSA) is 72.1 Å². The second-order valence-corrected chi connectivity index (χ2v) is 8.21. The predicted octanol–water partition coefficient (Wildman–Crippen LogP) is 4.64. The average Bonchev–Trinajstić information content (AvgIpc) is 3.28. The van der Waals surface area contributed by atoms with E-state index < -0.39 is 11.7 Å². The maximum atomic E-state index is 12.9. The van der Waals surface area contributed by atoms with Crippen LogP contribution in [-0.2, 0) is 11.0 Å². The number of nitrogens with two attached hydrogens (primary N) is 1. The van der Waals surface area contributed by atoms with Gasteiger partial charge in [0.05, 0.1) is 11.3 Å². The van der Waals surface area contributed by atoms with Crippen LogP contribution in [-0.4, -0.2) is 33.9 Å². The first-order valence-electron chi connectivity index (χ1n) is 10.4. The molecule has 1 aromatic carbocycles. The number of likely N-dealkylation sites (tertiary alicyclic amines) is 1. The Morgan fingerprint density at radius 2 is 1.77 bits per heavy atom. The second-order valence-electron chi connectivity index (χ2n) is 8.21. The van der Waals surface area contributed by atoms with E-state index in [9.17, 15) is 18.0 Å². The standard InChI is InChI=1S/C22H25F3N4O/c23-22(24,25)17-9-7-14(8-10-17)18-12-27-21(26)28-19(18)16-6-3-11-29(13-16)20(30)15-4-1-2-5-15/h7-10,12,15-16H,1-6,11,13H2,(H2,26,27,28). The molecule has 160 valence electrons. The molecule has 2 aromatic rings. The van der Waals surface area contributed by atoms with Crippen molar-refractivity contribution in [2.75, 3.05) is 18.8 Å². The SMILES string of the molecule is Nc1ncc(-c2ccc(C(F)(F)F)cc2)c(C2CCCN(C(=O)C3CCCC3)C2)n1. The third-order valence-electron chi connectivity index (χ3n) is 6.18. The summed E-state index contributed by atoms with van der Waals surface area (Å²) in [5.74, 6) is 0.440. The quantitative estimate of drug-likeness (QED) is 0.788. The Balaban J connectivity index is 1.60. The molecule has 1 aliphatic heterocycles. The highest BCUT2D eigenvalue weighted by atomic mass is 19.4. The smallest absolute Gasteiger partial charge is 0.368 e. The number of carbonyl (C=O) groups is 1. The Kier molecular flexibility index (Phi) is 5.66. The Hall–Kier alpha value is -2.64. The summed E-state index contributed by atoms with van der Waals surface area (Å²) in [7, 11) is 0. The van der Waals surface area contributed by atoms with Crippen molar-refractivity contribution in [3.8, 4) is 11.1 Å². The second kappa shape index (κ2) is 8.24. The molecule has 2 fully saturated rings. The number of amides is 1. The van der Waals surface area contributed by atoms with Crippen LogP contribution in [0.15, 0.2) is 30.5 Å². The van der Waals surface area contributed by atoms with E-state index >= 15 is 0 Å². The molecule has 2 aliphatic rings. The van der Waals surface area contributed by atoms with E-state index in [1.807, 2.05) is 4.90 Å². The van der Waals surface area contributed by atoms with Gasteiger partial charge in [-0.2, -0.15) is 13.2 Å². The van der Waals surface area contributed by atoms with Gasteiger partial charge in [0.1, 0.15) is 0 Å². The van der Waals surface area contributed by atoms with Gasteiger partial charge in [-0.25, -0.2) is 9.97 Å². The van der Waals surface area contributed by atoms with Crippen LogP contribution in [0.2, 0.25) is 0 Å². The van der Waals surface area contributed by atoms with Crippen molar-refractivity contribution < 1.29 is 18.0 Å². The molecule has 30 heavy (non-hydrogen) atoms. The van der Waals surface area contributed by atoms with Crippen LogP contribution in [0.4, 0.5) is 19.1 Å². The van der Waals surface area contributed by atoms with Gasteiger partial charge in [0.15, 0.2) is 0 Å². The number of piperidine rings is 1. The summed E-state index contributed by atoms with van der Waals surface area (Å²) < 4.78 is 38.7. The van der Waals surface area contributed by atoms with Gasteiger partial charge in [-0.05, 0) is 43.4 Å². The van der Waals surface area contributed by atoms with Gasteiger partial charge >= 0.3 is 6.18 Å². The highest BCUT2D eigenvalue weighted by Crippen LogP contribution is 2.36. The first-order chi connectivity index (χ1) is 14.3. The molecule has 1 amide bonds. The number of hydrogen-bond acceptors (Lipinski definition) is 4. The number of rotatable bonds is 3. The normalized spacial score (nSPS) is 20.5. The molecule has 2 N–H and O–H groups in total. The number of anilines is 1. The van der Waals surface area contributed by atoms with Crippen LogP contribution in [0, 0.1) is 5.92 Å². The van der Waals surface area contributed by atoms with E-state index in [1.54, 1.807) is 6.20 Å². The van der Waals surface area contributed by atoms with Crippen LogP contribution in [0.5, 0.6) is 0 Å². The molecule has 5 nitrogen and oxygen atoms in total. The number of nitrogen functional groups attached to an aromatic ring is 1. The molecule has 0 bridgehead atoms. The summed E-state index contributed by atoms with van der Waals surface area (Å²) in [5, 5.41) is 0. The number of carbonyl (C=O) groups excluding carboxylic acids is 1. The van der Waals surface area contributed by atoms with Crippen molar-refractivity contribution in [1.82, 2.24) is 14.9 Å². The predicted molar refractivity (Wildman–Crippen MR) is 107 cm³/mol. The van der Waals surface area contributed by atoms with Crippen LogP contribution in [0.1, 0.15) is 55.7 Å². The Morgan fingerprint density at radius 1 is 1.07 bits per heavy atom. The van der Waals surface area contributed by atoms with Gasteiger partial charge in [0.25, 0.3) is 0 Å². The van der Waals surface area contributed by atoms with Gasteiger partial charge in [-0.1, -0.05) is 25.0 Å². The van der Waals surface area contributed by atoms with Gasteiger partial charge < -0.3 is 10.6 Å². The van der Waals surface area contributed by atoms with Gasteiger partial charge in [-0.15, -0.1) is 0 Å². The molecule has 1 unspecified atom stereocenters. The number of aromatic nitrogens is 2. The number of hydrogen-bond donors (Lipinski definition) is 1. The van der Waals surface area contributed by atoms with E-state index in [1.165, 1.54) is 12.1 Å². The molecular weight excluding hydrogens is 393 g/mol. The molecule has 0 radical (unpaired) electrons. The zero-order chi connectivity index (χ0) is 21.3. The maximum Gasteiger partial charge on any atom is 0.416 e. The molecular formula is C22H25F3N4O. The van der Waals surface area contributed by atoms with E-state index in [0.717, 1.165) is 57.2 Å². The Bertz CT molecular complexity index is 908. The van der Waals surface area contributed by atoms with Crippen LogP contribution in [0.3, 0.4) is 0 Å². The van der Waals surface area contributed by atoms with Crippen molar-refractivity contribution >= 4 is 11.9 Å². The van der Waals surface area contributed by atoms with Crippen LogP contribution < -0.4 is 5.73 Å². The van der Waals surface area contributed by atoms with E-state index in [2.05, 4.69) is 9.97 Å². The lowest BCUT2D eigenvalue weighted by Gasteiger charge is -2.34. The summed E-state index contributed by atoms with van der Waals surface area (Å²) >= 11 is 0. The number of nitrogens with zero attached hydrogens (tertiary/aromatic N) is 3. The molecule has 1 aromatic heterocycles. The third-order valence-corrected chi connectivity index (χ3v) is 6.18. The monoisotopic (exact) mass is 418 g/mol. The average molecular weight is 418 g/mol. The van der Waals surface area contributed by atoms with Crippen molar-refractivity contribution in [3.63, 3.8) is 0 Å². The molecule has 1 saturated heterocycles. The fourth-order valence-corrected chi connectivity index (χ4v) is 4.61. The molecule has 2 heterocycles. The minimum absolute atomic E-state index is 0.0216. The van der Waals surface area contributed by atoms with Gasteiger partial charge in [0, 0.05) is 36.7 Å². The Labute approximate surface area is 173 Å². The summed E-state index contributed by atoms with van der Waals surface area (Å²) in [4.78, 5) is 23.3. The molecule has 1 saturated carbocycles. The molecule has 8 heteroatoms. The molecule has 1 aliphatic carbocycles. The number of alkyl halides is 3. The first kappa shape index (κ1) is 20.6. The van der Waals surface area contributed by atoms with Crippen molar-refractivity contribution in [2.24, 2.45) is 5.92 Å². The first-order valence-corrected chi connectivity index (χ1v) is 10.4. The Morgan fingerprint density at radius 3 is 2.43 bits per heavy atom. The minimum Gasteiger partial charge on any atom is -0.368 e. The van der Waals surface area contributed by atoms with Crippen LogP contribution in [0.25, 0.3) is 11.1 Å². The van der Waals surface area contributed by atoms with Crippen LogP contribution >= 0.6 is 0 Å². The van der Waals surface area contributed by atoms with Crippen molar-refractivity contribution in [2.45, 2.75) is 50.6 Å². The summed E-state index contributed by atoms with van der Waals surface area (Å²) in [6, 6.07) is 5.00. The lowest BCUT2D eigenvalue weighted by atomic mass is 9.89. The third kappa shape index (κ3) is 4.27. The maximum absolute atomic E-state index is 12.9. The molecule has 1 atom stereocenters.